The molecule has 0 saturated heterocycles. The van der Waals surface area contributed by atoms with E-state index >= 15 is 0 Å². The molecule has 3 nitrogen and oxygen atoms in total. The van der Waals surface area contributed by atoms with Crippen LogP contribution < -0.4 is 5.32 Å². The topological polar surface area (TPSA) is 27.6 Å². The number of hydrogen-bond acceptors (Lipinski definition) is 1. The predicted octanol–water partition coefficient (Wildman–Crippen LogP) is 3.64. The Labute approximate surface area is 138 Å². The van der Waals surface area contributed by atoms with Crippen molar-refractivity contribution in [3.8, 4) is 0 Å². The number of nitrogens with one attached hydrogen (secondary N) is 1. The second-order valence-corrected chi connectivity index (χ2v) is 4.58. The number of nitrogens with zero attached hydrogens (tertiary/aromatic N) is 2. The Hall–Kier alpha value is -0.850. The molecule has 0 spiro atoms. The monoisotopic (exact) mass is 393 g/mol. The van der Waals surface area contributed by atoms with Crippen molar-refractivity contribution in [3.05, 3.63) is 35.6 Å². The SMILES string of the molecule is CCCCN=C(NCC)N(C)Cc1cccc(F)c1.I. The average molecular weight is 393 g/mol. The summed E-state index contributed by atoms with van der Waals surface area (Å²) in [6.07, 6.45) is 2.22. The van der Waals surface area contributed by atoms with Gasteiger partial charge >= 0.3 is 0 Å². The second kappa shape index (κ2) is 10.9. The minimum atomic E-state index is -0.196. The van der Waals surface area contributed by atoms with Gasteiger partial charge in [0.2, 0.25) is 0 Å². The molecule has 0 bridgehead atoms. The summed E-state index contributed by atoms with van der Waals surface area (Å²) < 4.78 is 13.2. The van der Waals surface area contributed by atoms with Crippen LogP contribution >= 0.6 is 24.0 Å². The van der Waals surface area contributed by atoms with Gasteiger partial charge in [0.15, 0.2) is 5.96 Å². The van der Waals surface area contributed by atoms with Crippen LogP contribution in [0.4, 0.5) is 4.39 Å². The van der Waals surface area contributed by atoms with Gasteiger partial charge in [-0.05, 0) is 31.0 Å². The molecule has 0 amide bonds. The van der Waals surface area contributed by atoms with Crippen LogP contribution in [0.1, 0.15) is 32.3 Å². The van der Waals surface area contributed by atoms with Crippen molar-refractivity contribution in [1.29, 1.82) is 0 Å². The lowest BCUT2D eigenvalue weighted by molar-refractivity contribution is 0.474. The Morgan fingerprint density at radius 1 is 1.35 bits per heavy atom. The molecule has 114 valence electrons. The Balaban J connectivity index is 0.00000361. The maximum atomic E-state index is 13.2. The molecule has 0 heterocycles. The third kappa shape index (κ3) is 7.07. The lowest BCUT2D eigenvalue weighted by Gasteiger charge is -2.22. The molecule has 0 aromatic heterocycles. The van der Waals surface area contributed by atoms with Crippen molar-refractivity contribution in [1.82, 2.24) is 10.2 Å². The number of aliphatic imine (C=N–C) groups is 1. The van der Waals surface area contributed by atoms with Crippen molar-refractivity contribution < 1.29 is 4.39 Å². The zero-order valence-corrected chi connectivity index (χ0v) is 14.9. The molecule has 1 N–H and O–H groups in total. The van der Waals surface area contributed by atoms with Crippen LogP contribution in [0.15, 0.2) is 29.3 Å². The Kier molecular flexibility index (Phi) is 10.4. The second-order valence-electron chi connectivity index (χ2n) is 4.58. The summed E-state index contributed by atoms with van der Waals surface area (Å²) >= 11 is 0. The van der Waals surface area contributed by atoms with Gasteiger partial charge in [0.25, 0.3) is 0 Å². The van der Waals surface area contributed by atoms with Gasteiger partial charge in [-0.15, -0.1) is 24.0 Å². The van der Waals surface area contributed by atoms with Gasteiger partial charge in [-0.3, -0.25) is 4.99 Å². The van der Waals surface area contributed by atoms with Gasteiger partial charge in [0.05, 0.1) is 0 Å². The van der Waals surface area contributed by atoms with Gasteiger partial charge in [0, 0.05) is 26.7 Å². The number of benzene rings is 1. The van der Waals surface area contributed by atoms with E-state index in [2.05, 4.69) is 17.2 Å². The van der Waals surface area contributed by atoms with Crippen molar-refractivity contribution in [2.75, 3.05) is 20.1 Å². The predicted molar refractivity (Wildman–Crippen MR) is 94.2 cm³/mol. The van der Waals surface area contributed by atoms with E-state index in [1.54, 1.807) is 12.1 Å². The molecule has 0 radical (unpaired) electrons. The lowest BCUT2D eigenvalue weighted by Crippen LogP contribution is -2.38. The minimum absolute atomic E-state index is 0. The molecular weight excluding hydrogens is 368 g/mol. The van der Waals surface area contributed by atoms with Crippen molar-refractivity contribution >= 4 is 29.9 Å². The van der Waals surface area contributed by atoms with Gasteiger partial charge in [-0.25, -0.2) is 4.39 Å². The quantitative estimate of drug-likeness (QED) is 0.346. The summed E-state index contributed by atoms with van der Waals surface area (Å²) in [5, 5.41) is 3.26. The van der Waals surface area contributed by atoms with E-state index in [9.17, 15) is 4.39 Å². The molecule has 1 rings (SSSR count). The van der Waals surface area contributed by atoms with Crippen molar-refractivity contribution in [2.45, 2.75) is 33.2 Å². The zero-order chi connectivity index (χ0) is 14.1. The Morgan fingerprint density at radius 3 is 2.70 bits per heavy atom. The van der Waals surface area contributed by atoms with E-state index in [1.807, 2.05) is 24.9 Å². The summed E-state index contributed by atoms with van der Waals surface area (Å²) in [6.45, 7) is 6.50. The Bertz CT molecular complexity index is 410. The molecule has 0 aliphatic rings. The van der Waals surface area contributed by atoms with Crippen molar-refractivity contribution in [2.24, 2.45) is 4.99 Å². The summed E-state index contributed by atoms with van der Waals surface area (Å²) in [4.78, 5) is 6.58. The van der Waals surface area contributed by atoms with Gasteiger partial charge in [0.1, 0.15) is 5.82 Å². The van der Waals surface area contributed by atoms with Crippen LogP contribution in [0.3, 0.4) is 0 Å². The first-order chi connectivity index (χ1) is 9.17. The molecule has 1 aromatic rings. The summed E-state index contributed by atoms with van der Waals surface area (Å²) in [7, 11) is 1.97. The highest BCUT2D eigenvalue weighted by Crippen LogP contribution is 2.06. The highest BCUT2D eigenvalue weighted by Gasteiger charge is 2.06. The molecule has 0 aliphatic carbocycles. The molecule has 20 heavy (non-hydrogen) atoms. The summed E-state index contributed by atoms with van der Waals surface area (Å²) in [6, 6.07) is 6.69. The number of guanidine groups is 1. The number of halogens is 2. The van der Waals surface area contributed by atoms with Crippen LogP contribution in [0.25, 0.3) is 0 Å². The van der Waals surface area contributed by atoms with Crippen LogP contribution in [-0.2, 0) is 6.54 Å². The molecule has 0 fully saturated rings. The van der Waals surface area contributed by atoms with Crippen LogP contribution in [0.2, 0.25) is 0 Å². The van der Waals surface area contributed by atoms with Gasteiger partial charge in [-0.1, -0.05) is 25.5 Å². The minimum Gasteiger partial charge on any atom is -0.357 e. The normalized spacial score (nSPS) is 10.9. The first-order valence-electron chi connectivity index (χ1n) is 6.91. The summed E-state index contributed by atoms with van der Waals surface area (Å²) in [5.41, 5.74) is 0.948. The molecule has 0 saturated carbocycles. The Morgan fingerprint density at radius 2 is 2.10 bits per heavy atom. The largest absolute Gasteiger partial charge is 0.357 e. The maximum absolute atomic E-state index is 13.2. The van der Waals surface area contributed by atoms with Crippen LogP contribution in [0.5, 0.6) is 0 Å². The van der Waals surface area contributed by atoms with E-state index in [-0.39, 0.29) is 29.8 Å². The number of rotatable bonds is 6. The molecule has 0 unspecified atom stereocenters. The van der Waals surface area contributed by atoms with E-state index in [0.29, 0.717) is 6.54 Å². The van der Waals surface area contributed by atoms with Crippen LogP contribution in [0, 0.1) is 5.82 Å². The standard InChI is InChI=1S/C15H24FN3.HI/c1-4-6-10-18-15(17-5-2)19(3)12-13-8-7-9-14(16)11-13;/h7-9,11H,4-6,10,12H2,1-3H3,(H,17,18);1H. The number of unbranched alkanes of at least 4 members (excludes halogenated alkanes) is 1. The zero-order valence-electron chi connectivity index (χ0n) is 12.5. The van der Waals surface area contributed by atoms with Crippen LogP contribution in [-0.4, -0.2) is 31.0 Å². The fraction of sp³-hybridized carbons (Fsp3) is 0.533. The highest BCUT2D eigenvalue weighted by molar-refractivity contribution is 14.0. The van der Waals surface area contributed by atoms with E-state index in [1.165, 1.54) is 6.07 Å². The molecule has 5 heteroatoms. The third-order valence-corrected chi connectivity index (χ3v) is 2.78. The molecule has 0 aliphatic heterocycles. The van der Waals surface area contributed by atoms with E-state index in [4.69, 9.17) is 0 Å². The van der Waals surface area contributed by atoms with Crippen molar-refractivity contribution in [3.63, 3.8) is 0 Å². The maximum Gasteiger partial charge on any atom is 0.193 e. The van der Waals surface area contributed by atoms with E-state index in [0.717, 1.165) is 37.5 Å². The molecule has 1 aromatic carbocycles. The fourth-order valence-electron chi connectivity index (χ4n) is 1.80. The average Bonchev–Trinajstić information content (AvgIpc) is 2.38. The lowest BCUT2D eigenvalue weighted by atomic mass is 10.2. The van der Waals surface area contributed by atoms with Gasteiger partial charge < -0.3 is 10.2 Å². The fourth-order valence-corrected chi connectivity index (χ4v) is 1.80. The molecular formula is C15H25FIN3. The highest BCUT2D eigenvalue weighted by atomic mass is 127. The summed E-state index contributed by atoms with van der Waals surface area (Å²) in [5.74, 6) is 0.680. The third-order valence-electron chi connectivity index (χ3n) is 2.78. The molecule has 0 atom stereocenters. The first kappa shape index (κ1) is 19.1. The first-order valence-corrected chi connectivity index (χ1v) is 6.91. The van der Waals surface area contributed by atoms with E-state index < -0.39 is 0 Å². The number of hydrogen-bond donors (Lipinski definition) is 1. The smallest absolute Gasteiger partial charge is 0.193 e. The van der Waals surface area contributed by atoms with Gasteiger partial charge in [-0.2, -0.15) is 0 Å².